The van der Waals surface area contributed by atoms with Crippen molar-refractivity contribution < 1.29 is 13.2 Å². The molecular formula is C16H17N7O3S. The standard InChI is InChI=1S/C16H17N7O3S/c1-17-27(25,26)14-4-2-3-13(7-14)22-16(24)20-9-12-5-6-15(19-8-12)23-11-18-10-21-23/h2-8,10-11,17H,9H2,1H3,(H2,20,22,24). The second-order valence-electron chi connectivity index (χ2n) is 5.41. The zero-order valence-electron chi connectivity index (χ0n) is 14.3. The molecule has 0 bridgehead atoms. The average molecular weight is 387 g/mol. The fraction of sp³-hybridized carbons (Fsp3) is 0.125. The molecular weight excluding hydrogens is 370 g/mol. The van der Waals surface area contributed by atoms with Crippen LogP contribution < -0.4 is 15.4 Å². The summed E-state index contributed by atoms with van der Waals surface area (Å²) in [7, 11) is -2.25. The lowest BCUT2D eigenvalue weighted by molar-refractivity contribution is 0.251. The van der Waals surface area contributed by atoms with Crippen molar-refractivity contribution in [2.45, 2.75) is 11.4 Å². The minimum absolute atomic E-state index is 0.0655. The van der Waals surface area contributed by atoms with E-state index in [9.17, 15) is 13.2 Å². The van der Waals surface area contributed by atoms with Crippen molar-refractivity contribution in [3.05, 3.63) is 60.8 Å². The Morgan fingerprint density at radius 3 is 2.74 bits per heavy atom. The van der Waals surface area contributed by atoms with E-state index in [1.54, 1.807) is 24.4 Å². The molecule has 3 N–H and O–H groups in total. The molecule has 0 saturated heterocycles. The highest BCUT2D eigenvalue weighted by Gasteiger charge is 2.12. The Hall–Kier alpha value is -3.31. The summed E-state index contributed by atoms with van der Waals surface area (Å²) in [5.74, 6) is 0.614. The number of aromatic nitrogens is 4. The van der Waals surface area contributed by atoms with E-state index in [4.69, 9.17) is 0 Å². The van der Waals surface area contributed by atoms with Crippen LogP contribution in [0, 0.1) is 0 Å². The molecule has 2 heterocycles. The summed E-state index contributed by atoms with van der Waals surface area (Å²) < 4.78 is 27.4. The largest absolute Gasteiger partial charge is 0.334 e. The van der Waals surface area contributed by atoms with E-state index in [2.05, 4.69) is 30.4 Å². The molecule has 0 aliphatic rings. The van der Waals surface area contributed by atoms with Crippen LogP contribution in [0.25, 0.3) is 5.82 Å². The molecule has 27 heavy (non-hydrogen) atoms. The summed E-state index contributed by atoms with van der Waals surface area (Å²) in [4.78, 5) is 20.2. The van der Waals surface area contributed by atoms with E-state index < -0.39 is 16.1 Å². The minimum Gasteiger partial charge on any atom is -0.334 e. The second kappa shape index (κ2) is 7.93. The monoisotopic (exact) mass is 387 g/mol. The number of sulfonamides is 1. The Bertz CT molecular complexity index is 1020. The van der Waals surface area contributed by atoms with Crippen molar-refractivity contribution in [3.8, 4) is 5.82 Å². The van der Waals surface area contributed by atoms with E-state index >= 15 is 0 Å². The first-order chi connectivity index (χ1) is 13.0. The molecule has 140 valence electrons. The summed E-state index contributed by atoms with van der Waals surface area (Å²) in [5, 5.41) is 9.27. The number of carbonyl (C=O) groups is 1. The zero-order valence-corrected chi connectivity index (χ0v) is 15.1. The van der Waals surface area contributed by atoms with Gasteiger partial charge in [0.05, 0.1) is 4.90 Å². The summed E-state index contributed by atoms with van der Waals surface area (Å²) in [6, 6.07) is 9.07. The van der Waals surface area contributed by atoms with Gasteiger partial charge in [-0.15, -0.1) is 0 Å². The van der Waals surface area contributed by atoms with Gasteiger partial charge in [-0.1, -0.05) is 12.1 Å². The maximum atomic E-state index is 12.0. The maximum Gasteiger partial charge on any atom is 0.319 e. The van der Waals surface area contributed by atoms with Gasteiger partial charge in [0.2, 0.25) is 10.0 Å². The van der Waals surface area contributed by atoms with Gasteiger partial charge in [0.15, 0.2) is 5.82 Å². The van der Waals surface area contributed by atoms with Crippen molar-refractivity contribution in [3.63, 3.8) is 0 Å². The molecule has 0 fully saturated rings. The number of pyridine rings is 1. The Kier molecular flexibility index (Phi) is 5.43. The number of hydrogen-bond donors (Lipinski definition) is 3. The molecule has 0 unspecified atom stereocenters. The molecule has 10 nitrogen and oxygen atoms in total. The van der Waals surface area contributed by atoms with Crippen LogP contribution in [0.2, 0.25) is 0 Å². The Morgan fingerprint density at radius 1 is 1.22 bits per heavy atom. The minimum atomic E-state index is -3.58. The van der Waals surface area contributed by atoms with Gasteiger partial charge in [-0.25, -0.2) is 32.6 Å². The van der Waals surface area contributed by atoms with E-state index in [1.807, 2.05) is 6.07 Å². The average Bonchev–Trinajstić information content (AvgIpc) is 3.22. The molecule has 0 aliphatic heterocycles. The fourth-order valence-electron chi connectivity index (χ4n) is 2.20. The molecule has 1 aromatic carbocycles. The van der Waals surface area contributed by atoms with Crippen LogP contribution in [0.3, 0.4) is 0 Å². The highest BCUT2D eigenvalue weighted by Crippen LogP contribution is 2.15. The van der Waals surface area contributed by atoms with Gasteiger partial charge in [-0.3, -0.25) is 0 Å². The van der Waals surface area contributed by atoms with Gasteiger partial charge in [-0.05, 0) is 36.9 Å². The van der Waals surface area contributed by atoms with E-state index in [0.717, 1.165) is 5.56 Å². The van der Waals surface area contributed by atoms with E-state index in [1.165, 1.54) is 36.5 Å². The Morgan fingerprint density at radius 2 is 2.07 bits per heavy atom. The van der Waals surface area contributed by atoms with Crippen molar-refractivity contribution in [1.82, 2.24) is 29.8 Å². The van der Waals surface area contributed by atoms with Gasteiger partial charge in [0.25, 0.3) is 0 Å². The third-order valence-electron chi connectivity index (χ3n) is 3.59. The Labute approximate surface area is 155 Å². The number of carbonyl (C=O) groups excluding carboxylic acids is 1. The SMILES string of the molecule is CNS(=O)(=O)c1cccc(NC(=O)NCc2ccc(-n3cncn3)nc2)c1. The van der Waals surface area contributed by atoms with Crippen LogP contribution in [-0.4, -0.2) is 41.2 Å². The number of nitrogens with one attached hydrogen (secondary N) is 3. The van der Waals surface area contributed by atoms with Gasteiger partial charge in [0.1, 0.15) is 12.7 Å². The van der Waals surface area contributed by atoms with Gasteiger partial charge < -0.3 is 10.6 Å². The van der Waals surface area contributed by atoms with Crippen LogP contribution >= 0.6 is 0 Å². The summed E-state index contributed by atoms with van der Waals surface area (Å²) >= 11 is 0. The predicted octanol–water partition coefficient (Wildman–Crippen LogP) is 0.892. The quantitative estimate of drug-likeness (QED) is 0.576. The fourth-order valence-corrected chi connectivity index (χ4v) is 2.98. The third kappa shape index (κ3) is 4.65. The van der Waals surface area contributed by atoms with Crippen LogP contribution in [0.4, 0.5) is 10.5 Å². The molecule has 0 radical (unpaired) electrons. The molecule has 2 amide bonds. The maximum absolute atomic E-state index is 12.0. The number of rotatable bonds is 6. The highest BCUT2D eigenvalue weighted by molar-refractivity contribution is 7.89. The van der Waals surface area contributed by atoms with Gasteiger partial charge in [-0.2, -0.15) is 5.10 Å². The van der Waals surface area contributed by atoms with E-state index in [-0.39, 0.29) is 11.4 Å². The second-order valence-corrected chi connectivity index (χ2v) is 7.29. The molecule has 0 spiro atoms. The highest BCUT2D eigenvalue weighted by atomic mass is 32.2. The first-order valence-corrected chi connectivity index (χ1v) is 9.34. The lowest BCUT2D eigenvalue weighted by atomic mass is 10.3. The van der Waals surface area contributed by atoms with Gasteiger partial charge in [0, 0.05) is 18.4 Å². The lowest BCUT2D eigenvalue weighted by Gasteiger charge is -2.09. The third-order valence-corrected chi connectivity index (χ3v) is 5.00. The molecule has 0 atom stereocenters. The smallest absolute Gasteiger partial charge is 0.319 e. The van der Waals surface area contributed by atoms with Crippen LogP contribution in [0.1, 0.15) is 5.56 Å². The van der Waals surface area contributed by atoms with Crippen molar-refractivity contribution >= 4 is 21.7 Å². The molecule has 11 heteroatoms. The van der Waals surface area contributed by atoms with E-state index in [0.29, 0.717) is 11.5 Å². The van der Waals surface area contributed by atoms with Crippen LogP contribution in [-0.2, 0) is 16.6 Å². The molecule has 3 aromatic rings. The zero-order chi connectivity index (χ0) is 19.3. The summed E-state index contributed by atoms with van der Waals surface area (Å²) in [6.45, 7) is 0.255. The van der Waals surface area contributed by atoms with Gasteiger partial charge >= 0.3 is 6.03 Å². The molecule has 2 aromatic heterocycles. The number of anilines is 1. The number of urea groups is 1. The lowest BCUT2D eigenvalue weighted by Crippen LogP contribution is -2.28. The molecule has 0 saturated carbocycles. The topological polar surface area (TPSA) is 131 Å². The number of nitrogens with zero attached hydrogens (tertiary/aromatic N) is 4. The Balaban J connectivity index is 1.58. The summed E-state index contributed by atoms with van der Waals surface area (Å²) in [6.07, 6.45) is 4.58. The number of hydrogen-bond acceptors (Lipinski definition) is 6. The van der Waals surface area contributed by atoms with Crippen LogP contribution in [0.5, 0.6) is 0 Å². The van der Waals surface area contributed by atoms with Crippen LogP contribution in [0.15, 0.2) is 60.1 Å². The normalized spacial score (nSPS) is 11.1. The number of benzene rings is 1. The van der Waals surface area contributed by atoms with Crippen molar-refractivity contribution in [2.75, 3.05) is 12.4 Å². The molecule has 3 rings (SSSR count). The first-order valence-electron chi connectivity index (χ1n) is 7.86. The molecule has 0 aliphatic carbocycles. The predicted molar refractivity (Wildman–Crippen MR) is 97.7 cm³/mol. The summed E-state index contributed by atoms with van der Waals surface area (Å²) in [5.41, 5.74) is 1.16. The number of amides is 2. The first kappa shape index (κ1) is 18.5. The van der Waals surface area contributed by atoms with Crippen molar-refractivity contribution in [2.24, 2.45) is 0 Å². The van der Waals surface area contributed by atoms with Crippen molar-refractivity contribution in [1.29, 1.82) is 0 Å².